The van der Waals surface area contributed by atoms with E-state index in [1.165, 1.54) is 54.9 Å². The Bertz CT molecular complexity index is 2220. The van der Waals surface area contributed by atoms with Gasteiger partial charge in [0.05, 0.1) is 16.7 Å². The van der Waals surface area contributed by atoms with Gasteiger partial charge in [0.1, 0.15) is 5.82 Å². The third-order valence-corrected chi connectivity index (χ3v) is 8.57. The van der Waals surface area contributed by atoms with Gasteiger partial charge in [0.2, 0.25) is 0 Å². The number of benzene rings is 7. The number of hydrogen-bond acceptors (Lipinski definition) is 1. The molecular formula is C41H30N2. The predicted molar refractivity (Wildman–Crippen MR) is 182 cm³/mol. The van der Waals surface area contributed by atoms with Gasteiger partial charge in [-0.2, -0.15) is 0 Å². The highest BCUT2D eigenvalue weighted by Gasteiger charge is 2.21. The van der Waals surface area contributed by atoms with Gasteiger partial charge >= 0.3 is 0 Å². The van der Waals surface area contributed by atoms with E-state index in [0.29, 0.717) is 0 Å². The van der Waals surface area contributed by atoms with Crippen LogP contribution in [0.4, 0.5) is 0 Å². The summed E-state index contributed by atoms with van der Waals surface area (Å²) in [7, 11) is 0. The molecule has 0 saturated heterocycles. The van der Waals surface area contributed by atoms with Crippen molar-refractivity contribution in [3.8, 4) is 39.1 Å². The van der Waals surface area contributed by atoms with Crippen molar-refractivity contribution in [1.29, 1.82) is 0 Å². The Morgan fingerprint density at radius 1 is 0.465 bits per heavy atom. The first kappa shape index (κ1) is 25.3. The standard InChI is InChI=1S/C41H30N2/c1-2-39-42-36-25-13-15-27-38(36)43(39)37-26-14-12-24-35(37)41-33-22-10-8-20-31(33)40(32-21-9-11-23-34(32)41)30-19-7-6-18-29(30)28-16-4-3-5-17-28/h3-27H,2H2,1H3. The molecule has 0 N–H and O–H groups in total. The van der Waals surface area contributed by atoms with Crippen molar-refractivity contribution in [2.75, 3.05) is 0 Å². The molecule has 0 saturated carbocycles. The smallest absolute Gasteiger partial charge is 0.114 e. The molecule has 1 heterocycles. The van der Waals surface area contributed by atoms with Gasteiger partial charge in [0.25, 0.3) is 0 Å². The van der Waals surface area contributed by atoms with Gasteiger partial charge in [-0.25, -0.2) is 4.98 Å². The maximum Gasteiger partial charge on any atom is 0.114 e. The lowest BCUT2D eigenvalue weighted by Crippen LogP contribution is -2.03. The van der Waals surface area contributed by atoms with Gasteiger partial charge < -0.3 is 0 Å². The first-order chi connectivity index (χ1) is 21.3. The summed E-state index contributed by atoms with van der Waals surface area (Å²) in [6.45, 7) is 2.18. The van der Waals surface area contributed by atoms with Crippen molar-refractivity contribution in [3.63, 3.8) is 0 Å². The van der Waals surface area contributed by atoms with Crippen LogP contribution in [-0.4, -0.2) is 9.55 Å². The first-order valence-corrected chi connectivity index (χ1v) is 15.0. The molecule has 43 heavy (non-hydrogen) atoms. The second-order valence-electron chi connectivity index (χ2n) is 11.0. The Kier molecular flexibility index (Phi) is 6.12. The molecule has 8 rings (SSSR count). The number of para-hydroxylation sites is 3. The van der Waals surface area contributed by atoms with E-state index in [-0.39, 0.29) is 0 Å². The molecular weight excluding hydrogens is 520 g/mol. The Morgan fingerprint density at radius 3 is 1.60 bits per heavy atom. The lowest BCUT2D eigenvalue weighted by molar-refractivity contribution is 0.909. The summed E-state index contributed by atoms with van der Waals surface area (Å²) in [5.41, 5.74) is 10.7. The molecule has 204 valence electrons. The van der Waals surface area contributed by atoms with E-state index in [9.17, 15) is 0 Å². The topological polar surface area (TPSA) is 17.8 Å². The third kappa shape index (κ3) is 4.06. The van der Waals surface area contributed by atoms with Crippen molar-refractivity contribution in [1.82, 2.24) is 9.55 Å². The number of nitrogens with zero attached hydrogens (tertiary/aromatic N) is 2. The zero-order valence-corrected chi connectivity index (χ0v) is 24.0. The molecule has 0 aliphatic rings. The van der Waals surface area contributed by atoms with Crippen LogP contribution in [0.1, 0.15) is 12.7 Å². The van der Waals surface area contributed by atoms with E-state index in [4.69, 9.17) is 4.98 Å². The second-order valence-corrected chi connectivity index (χ2v) is 11.0. The van der Waals surface area contributed by atoms with E-state index >= 15 is 0 Å². The molecule has 0 aliphatic carbocycles. The van der Waals surface area contributed by atoms with Gasteiger partial charge in [-0.1, -0.05) is 140 Å². The molecule has 0 spiro atoms. The van der Waals surface area contributed by atoms with Crippen LogP contribution in [0.3, 0.4) is 0 Å². The summed E-state index contributed by atoms with van der Waals surface area (Å²) in [6.07, 6.45) is 0.847. The highest BCUT2D eigenvalue weighted by molar-refractivity contribution is 6.23. The average molecular weight is 551 g/mol. The van der Waals surface area contributed by atoms with Gasteiger partial charge in [0.15, 0.2) is 0 Å². The van der Waals surface area contributed by atoms with Crippen LogP contribution >= 0.6 is 0 Å². The van der Waals surface area contributed by atoms with Gasteiger partial charge in [-0.15, -0.1) is 0 Å². The SMILES string of the molecule is CCc1nc2ccccc2n1-c1ccccc1-c1c2ccccc2c(-c2ccccc2-c2ccccc2)c2ccccc12. The maximum atomic E-state index is 5.02. The second kappa shape index (κ2) is 10.4. The first-order valence-electron chi connectivity index (χ1n) is 15.0. The van der Waals surface area contributed by atoms with Gasteiger partial charge in [-0.05, 0) is 67.6 Å². The Balaban J connectivity index is 1.49. The van der Waals surface area contributed by atoms with Crippen molar-refractivity contribution in [2.45, 2.75) is 13.3 Å². The zero-order valence-electron chi connectivity index (χ0n) is 24.0. The lowest BCUT2D eigenvalue weighted by Gasteiger charge is -2.21. The summed E-state index contributed by atoms with van der Waals surface area (Å²) in [6, 6.07) is 54.6. The molecule has 0 bridgehead atoms. The van der Waals surface area contributed by atoms with Gasteiger partial charge in [-0.3, -0.25) is 4.57 Å². The van der Waals surface area contributed by atoms with Crippen molar-refractivity contribution < 1.29 is 0 Å². The molecule has 0 fully saturated rings. The highest BCUT2D eigenvalue weighted by atomic mass is 15.1. The largest absolute Gasteiger partial charge is 0.296 e. The number of imidazole rings is 1. The van der Waals surface area contributed by atoms with E-state index < -0.39 is 0 Å². The minimum Gasteiger partial charge on any atom is -0.296 e. The summed E-state index contributed by atoms with van der Waals surface area (Å²) >= 11 is 0. The molecule has 2 nitrogen and oxygen atoms in total. The molecule has 0 amide bonds. The van der Waals surface area contributed by atoms with Crippen LogP contribution in [0, 0.1) is 0 Å². The third-order valence-electron chi connectivity index (χ3n) is 8.57. The summed E-state index contributed by atoms with van der Waals surface area (Å²) in [4.78, 5) is 5.02. The van der Waals surface area contributed by atoms with Crippen molar-refractivity contribution >= 4 is 32.6 Å². The lowest BCUT2D eigenvalue weighted by atomic mass is 9.83. The van der Waals surface area contributed by atoms with E-state index in [0.717, 1.165) is 29.0 Å². The fourth-order valence-corrected chi connectivity index (χ4v) is 6.74. The van der Waals surface area contributed by atoms with Crippen LogP contribution in [0.2, 0.25) is 0 Å². The van der Waals surface area contributed by atoms with E-state index in [1.807, 2.05) is 0 Å². The monoisotopic (exact) mass is 550 g/mol. The fourth-order valence-electron chi connectivity index (χ4n) is 6.74. The minimum atomic E-state index is 0.847. The van der Waals surface area contributed by atoms with Crippen molar-refractivity contribution in [2.24, 2.45) is 0 Å². The van der Waals surface area contributed by atoms with E-state index in [1.54, 1.807) is 0 Å². The van der Waals surface area contributed by atoms with Gasteiger partial charge in [0, 0.05) is 12.0 Å². The summed E-state index contributed by atoms with van der Waals surface area (Å²) in [5.74, 6) is 1.07. The number of fused-ring (bicyclic) bond motifs is 3. The highest BCUT2D eigenvalue weighted by Crippen LogP contribution is 2.47. The Morgan fingerprint density at radius 2 is 0.953 bits per heavy atom. The summed E-state index contributed by atoms with van der Waals surface area (Å²) in [5, 5.41) is 4.99. The maximum absolute atomic E-state index is 5.02. The number of aryl methyl sites for hydroxylation is 1. The van der Waals surface area contributed by atoms with Crippen LogP contribution < -0.4 is 0 Å². The quantitative estimate of drug-likeness (QED) is 0.195. The molecule has 8 aromatic rings. The van der Waals surface area contributed by atoms with Crippen LogP contribution in [0.15, 0.2) is 152 Å². The normalized spacial score (nSPS) is 11.5. The van der Waals surface area contributed by atoms with Crippen LogP contribution in [-0.2, 0) is 6.42 Å². The fraction of sp³-hybridized carbons (Fsp3) is 0.0488. The number of aromatic nitrogens is 2. The molecule has 0 atom stereocenters. The van der Waals surface area contributed by atoms with Crippen LogP contribution in [0.5, 0.6) is 0 Å². The molecule has 0 aliphatic heterocycles. The molecule has 7 aromatic carbocycles. The molecule has 0 unspecified atom stereocenters. The Hall–Kier alpha value is -5.47. The summed E-state index contributed by atoms with van der Waals surface area (Å²) < 4.78 is 2.35. The Labute approximate surface area is 251 Å². The van der Waals surface area contributed by atoms with Crippen LogP contribution in [0.25, 0.3) is 71.6 Å². The minimum absolute atomic E-state index is 0.847. The number of rotatable bonds is 5. The predicted octanol–water partition coefficient (Wildman–Crippen LogP) is 10.9. The zero-order chi connectivity index (χ0) is 28.8. The molecule has 0 radical (unpaired) electrons. The van der Waals surface area contributed by atoms with E-state index in [2.05, 4.69) is 163 Å². The molecule has 1 aromatic heterocycles. The van der Waals surface area contributed by atoms with Crippen molar-refractivity contribution in [3.05, 3.63) is 157 Å². The molecule has 2 heteroatoms. The average Bonchev–Trinajstić information content (AvgIpc) is 3.46. The number of hydrogen-bond donors (Lipinski definition) is 0.